The Bertz CT molecular complexity index is 348. The molecule has 0 aromatic heterocycles. The lowest BCUT2D eigenvalue weighted by molar-refractivity contribution is -0.0180. The summed E-state index contributed by atoms with van der Waals surface area (Å²) in [5.41, 5.74) is 0. The van der Waals surface area contributed by atoms with Gasteiger partial charge in [-0.2, -0.15) is 0 Å². The van der Waals surface area contributed by atoms with Crippen molar-refractivity contribution in [1.82, 2.24) is 0 Å². The maximum atomic E-state index is 9.92. The van der Waals surface area contributed by atoms with Crippen LogP contribution in [0.2, 0.25) is 65.0 Å². The summed E-state index contributed by atoms with van der Waals surface area (Å²) in [6.45, 7) is 18.8. The molecule has 0 saturated carbocycles. The lowest BCUT2D eigenvalue weighted by atomic mass is 10.1. The third-order valence-electron chi connectivity index (χ3n) is 3.00. The van der Waals surface area contributed by atoms with Crippen LogP contribution in [0.25, 0.3) is 0 Å². The molecule has 0 rings (SSSR count). The Kier molecular flexibility index (Phi) is 9.95. The van der Waals surface area contributed by atoms with E-state index in [2.05, 4.69) is 58.9 Å². The largest absolute Gasteiger partial charge is 0.469 e. The second-order valence-corrected chi connectivity index (χ2v) is 26.5. The average molecular weight is 429 g/mol. The van der Waals surface area contributed by atoms with Crippen LogP contribution in [0.1, 0.15) is 12.8 Å². The van der Waals surface area contributed by atoms with Gasteiger partial charge in [0.25, 0.3) is 0 Å². The zero-order chi connectivity index (χ0) is 20.1. The summed E-state index contributed by atoms with van der Waals surface area (Å²) in [6, 6.07) is 0.626. The lowest BCUT2D eigenvalue weighted by Gasteiger charge is -2.43. The molecule has 0 aromatic carbocycles. The van der Waals surface area contributed by atoms with Crippen LogP contribution in [0, 0.1) is 0 Å². The molecule has 10 heteroatoms. The molecule has 0 saturated heterocycles. The molecule has 2 atom stereocenters. The number of hydrogen-bond acceptors (Lipinski definition) is 6. The summed E-state index contributed by atoms with van der Waals surface area (Å²) in [5, 5.41) is 28.4. The molecule has 152 valence electrons. The van der Waals surface area contributed by atoms with Crippen molar-refractivity contribution in [2.75, 3.05) is 6.61 Å². The molecule has 0 aliphatic heterocycles. The minimum absolute atomic E-state index is 0.385. The van der Waals surface area contributed by atoms with E-state index in [0.29, 0.717) is 18.9 Å². The van der Waals surface area contributed by atoms with Crippen molar-refractivity contribution in [2.24, 2.45) is 0 Å². The summed E-state index contributed by atoms with van der Waals surface area (Å²) in [4.78, 5) is 0. The molecule has 2 unspecified atom stereocenters. The molecule has 0 aliphatic rings. The smallest absolute Gasteiger partial charge is 0.417 e. The molecule has 3 N–H and O–H groups in total. The van der Waals surface area contributed by atoms with E-state index in [1.807, 2.05) is 0 Å². The Morgan fingerprint density at radius 1 is 0.680 bits per heavy atom. The van der Waals surface area contributed by atoms with Gasteiger partial charge in [0.2, 0.25) is 0 Å². The quantitative estimate of drug-likeness (QED) is 0.414. The lowest BCUT2D eigenvalue weighted by Crippen LogP contribution is -2.60. The number of aliphatic hydroxyl groups excluding tert-OH is 3. The van der Waals surface area contributed by atoms with Crippen molar-refractivity contribution >= 4 is 33.8 Å². The normalized spacial score (nSPS) is 16.8. The molecule has 0 aromatic rings. The third kappa shape index (κ3) is 12.6. The van der Waals surface area contributed by atoms with Gasteiger partial charge in [0.1, 0.15) is 6.10 Å². The van der Waals surface area contributed by atoms with Gasteiger partial charge < -0.3 is 27.7 Å². The highest BCUT2D eigenvalue weighted by molar-refractivity contribution is 6.90. The van der Waals surface area contributed by atoms with E-state index in [1.54, 1.807) is 0 Å². The van der Waals surface area contributed by atoms with E-state index in [9.17, 15) is 10.2 Å². The Morgan fingerprint density at radius 3 is 1.32 bits per heavy atom. The van der Waals surface area contributed by atoms with Crippen molar-refractivity contribution < 1.29 is 27.7 Å². The van der Waals surface area contributed by atoms with E-state index < -0.39 is 52.6 Å². The molecule has 0 amide bonds. The van der Waals surface area contributed by atoms with Crippen molar-refractivity contribution in [2.45, 2.75) is 90.0 Å². The predicted octanol–water partition coefficient (Wildman–Crippen LogP) is 2.97. The number of aliphatic hydroxyl groups is 3. The maximum absolute atomic E-state index is 9.92. The molecule has 0 fully saturated rings. The van der Waals surface area contributed by atoms with Crippen LogP contribution < -0.4 is 0 Å². The zero-order valence-electron chi connectivity index (χ0n) is 17.5. The fraction of sp³-hybridized carbons (Fsp3) is 1.00. The van der Waals surface area contributed by atoms with Crippen molar-refractivity contribution in [1.29, 1.82) is 0 Å². The molecule has 0 heterocycles. The van der Waals surface area contributed by atoms with Crippen molar-refractivity contribution in [3.05, 3.63) is 0 Å². The summed E-state index contributed by atoms with van der Waals surface area (Å²) in [5.74, 6) is 0. The van der Waals surface area contributed by atoms with Crippen LogP contribution in [0.3, 0.4) is 0 Å². The molecule has 25 heavy (non-hydrogen) atoms. The van der Waals surface area contributed by atoms with Crippen LogP contribution >= 0.6 is 0 Å². The highest BCUT2D eigenvalue weighted by atomic mass is 28.5. The molecule has 0 aliphatic carbocycles. The molecule has 0 bridgehead atoms. The van der Waals surface area contributed by atoms with Gasteiger partial charge in [0, 0.05) is 6.04 Å². The van der Waals surface area contributed by atoms with Gasteiger partial charge in [-0.05, 0) is 71.8 Å². The van der Waals surface area contributed by atoms with Crippen LogP contribution in [-0.4, -0.2) is 67.9 Å². The van der Waals surface area contributed by atoms with Crippen LogP contribution in [-0.2, 0) is 12.3 Å². The average Bonchev–Trinajstić information content (AvgIpc) is 2.30. The van der Waals surface area contributed by atoms with Gasteiger partial charge in [-0.1, -0.05) is 0 Å². The Labute approximate surface area is 158 Å². The number of rotatable bonds is 12. The van der Waals surface area contributed by atoms with Gasteiger partial charge in [0.15, 0.2) is 25.0 Å². The summed E-state index contributed by atoms with van der Waals surface area (Å²) in [6.07, 6.45) is -1.04. The highest BCUT2D eigenvalue weighted by Gasteiger charge is 2.49. The Balaban J connectivity index is 5.36. The van der Waals surface area contributed by atoms with E-state index >= 15 is 0 Å². The van der Waals surface area contributed by atoms with E-state index in [0.717, 1.165) is 0 Å². The zero-order valence-corrected chi connectivity index (χ0v) is 21.5. The van der Waals surface area contributed by atoms with Gasteiger partial charge in [-0.15, -0.1) is 0 Å². The first-order valence-corrected chi connectivity index (χ1v) is 21.2. The van der Waals surface area contributed by atoms with E-state index in [-0.39, 0.29) is 0 Å². The fourth-order valence-electron chi connectivity index (χ4n) is 2.46. The first kappa shape index (κ1) is 25.6. The van der Waals surface area contributed by atoms with Crippen molar-refractivity contribution in [3.63, 3.8) is 0 Å². The van der Waals surface area contributed by atoms with E-state index in [4.69, 9.17) is 17.5 Å². The molecule has 0 spiro atoms. The van der Waals surface area contributed by atoms with Crippen molar-refractivity contribution in [3.8, 4) is 0 Å². The van der Waals surface area contributed by atoms with Gasteiger partial charge >= 0.3 is 8.80 Å². The monoisotopic (exact) mass is 428 g/mol. The van der Waals surface area contributed by atoms with E-state index in [1.165, 1.54) is 0 Å². The molecular formula is C15H40O6Si4. The van der Waals surface area contributed by atoms with Crippen LogP contribution in [0.5, 0.6) is 0 Å². The molecular weight excluding hydrogens is 389 g/mol. The Morgan fingerprint density at radius 2 is 1.04 bits per heavy atom. The topological polar surface area (TPSA) is 88.4 Å². The highest BCUT2D eigenvalue weighted by Crippen LogP contribution is 2.30. The summed E-state index contributed by atoms with van der Waals surface area (Å²) < 4.78 is 19.7. The number of hydrogen-bond donors (Lipinski definition) is 3. The van der Waals surface area contributed by atoms with Gasteiger partial charge in [0.05, 0.1) is 12.7 Å². The van der Waals surface area contributed by atoms with Gasteiger partial charge in [-0.3, -0.25) is 0 Å². The van der Waals surface area contributed by atoms with Crippen LogP contribution in [0.15, 0.2) is 0 Å². The SMILES string of the molecule is C[Si](C)(C)O[Si](CCCC(O)C(O)CO)(O[Si](C)(C)C)O[Si](C)(C)C. The summed E-state index contributed by atoms with van der Waals surface area (Å²) >= 11 is 0. The first-order chi connectivity index (χ1) is 11.0. The predicted molar refractivity (Wildman–Crippen MR) is 112 cm³/mol. The maximum Gasteiger partial charge on any atom is 0.469 e. The summed E-state index contributed by atoms with van der Waals surface area (Å²) in [7, 11) is -8.56. The van der Waals surface area contributed by atoms with Crippen LogP contribution in [0.4, 0.5) is 0 Å². The third-order valence-corrected chi connectivity index (χ3v) is 15.0. The standard InChI is InChI=1S/C15H40O6Si4/c1-22(2,3)19-25(20-23(4,5)6,21-24(7,8)9)12-10-11-14(17)15(18)13-16/h14-18H,10-13H2,1-9H3. The molecule has 6 nitrogen and oxygen atoms in total. The Hall–Kier alpha value is 0.628. The first-order valence-electron chi connectivity index (χ1n) is 9.06. The minimum Gasteiger partial charge on any atom is -0.417 e. The minimum atomic E-state index is -2.88. The van der Waals surface area contributed by atoms with Gasteiger partial charge in [-0.25, -0.2) is 0 Å². The fourth-order valence-corrected chi connectivity index (χ4v) is 17.1. The second kappa shape index (κ2) is 9.71. The molecule has 0 radical (unpaired) electrons. The second-order valence-electron chi connectivity index (χ2n) is 9.54.